The first-order valence-electron chi connectivity index (χ1n) is 25.7. The number of piperazine rings is 1. The second-order valence-corrected chi connectivity index (χ2v) is 24.1. The van der Waals surface area contributed by atoms with Crippen LogP contribution >= 0.6 is 6.89 Å². The molecule has 1 unspecified atom stereocenters. The first-order valence-corrected chi connectivity index (χ1v) is 28.6. The highest BCUT2D eigenvalue weighted by Gasteiger charge is 2.32. The molecular weight excluding hydrogens is 924 g/mol. The molecule has 4 aromatic carbocycles. The number of piperidine rings is 2. The van der Waals surface area contributed by atoms with Gasteiger partial charge in [0.15, 0.2) is 5.84 Å². The monoisotopic (exact) mass is 994 g/mol. The zero-order valence-corrected chi connectivity index (χ0v) is 43.8. The molecule has 3 aliphatic heterocycles. The molecule has 3 saturated heterocycles. The highest BCUT2D eigenvalue weighted by molar-refractivity contribution is 7.80. The third-order valence-electron chi connectivity index (χ3n) is 15.0. The molecule has 1 amide bonds. The Bertz CT molecular complexity index is 3080. The van der Waals surface area contributed by atoms with E-state index < -0.39 is 30.3 Å². The maximum atomic E-state index is 15.3. The van der Waals surface area contributed by atoms with Gasteiger partial charge in [0.1, 0.15) is 22.8 Å². The van der Waals surface area contributed by atoms with E-state index in [-0.39, 0.29) is 11.4 Å². The van der Waals surface area contributed by atoms with Gasteiger partial charge in [-0.15, -0.1) is 5.10 Å². The lowest BCUT2D eigenvalue weighted by atomic mass is 9.88. The summed E-state index contributed by atoms with van der Waals surface area (Å²) in [7, 11) is 2.06. The average Bonchev–Trinajstić information content (AvgIpc) is 3.80. The number of pyridine rings is 1. The zero-order chi connectivity index (χ0) is 50.8. The molecule has 3 fully saturated rings. The van der Waals surface area contributed by atoms with Crippen LogP contribution in [0.25, 0.3) is 27.6 Å². The summed E-state index contributed by atoms with van der Waals surface area (Å²) < 4.78 is 32.3. The number of nitrogens with one attached hydrogen (secondary N) is 3. The second-order valence-electron chi connectivity index (χ2n) is 20.3. The van der Waals surface area contributed by atoms with E-state index in [1.807, 2.05) is 42.6 Å². The van der Waals surface area contributed by atoms with E-state index >= 15 is 8.78 Å². The lowest BCUT2D eigenvalue weighted by Gasteiger charge is -2.43. The Labute approximate surface area is 423 Å². The SMILES string of the molecule is C=C1CCC(c2c(F)cc(CCN3CCN(C4CCN(c5cc(CC)c(N(C)/C=C(\C(=N)Nc6ccc7nc(CC)ccc7c6P(=C)(C)C)n6nnc7ccccc76)cc5CC)CC4)CC3)cc2F)C(=O)N1. The Hall–Kier alpha value is -6.21. The van der Waals surface area contributed by atoms with Crippen molar-refractivity contribution in [2.75, 3.05) is 81.3 Å². The molecule has 3 N–H and O–H groups in total. The van der Waals surface area contributed by atoms with Crippen LogP contribution in [-0.2, 0) is 30.5 Å². The van der Waals surface area contributed by atoms with Gasteiger partial charge in [0, 0.05) is 110 Å². The smallest absolute Gasteiger partial charge is 0.231 e. The van der Waals surface area contributed by atoms with Crippen LogP contribution in [0, 0.1) is 17.0 Å². The summed E-state index contributed by atoms with van der Waals surface area (Å²) in [4.78, 5) is 27.2. The largest absolute Gasteiger partial charge is 0.371 e. The molecule has 1 atom stereocenters. The molecule has 0 spiro atoms. The van der Waals surface area contributed by atoms with Gasteiger partial charge in [0.05, 0.1) is 17.0 Å². The van der Waals surface area contributed by atoms with Crippen LogP contribution in [0.4, 0.5) is 25.8 Å². The number of aryl methyl sites for hydroxylation is 3. The number of allylic oxidation sites excluding steroid dienone is 1. The number of carbonyl (C=O) groups excluding carboxylic acids is 1. The van der Waals surface area contributed by atoms with Gasteiger partial charge in [-0.25, -0.2) is 13.5 Å². The molecule has 2 aromatic heterocycles. The predicted octanol–water partition coefficient (Wildman–Crippen LogP) is 9.64. The zero-order valence-electron chi connectivity index (χ0n) is 42.9. The Morgan fingerprint density at radius 1 is 0.903 bits per heavy atom. The molecule has 9 rings (SSSR count). The molecule has 0 radical (unpaired) electrons. The molecule has 5 heterocycles. The Morgan fingerprint density at radius 3 is 2.31 bits per heavy atom. The summed E-state index contributed by atoms with van der Waals surface area (Å²) in [5.41, 5.74) is 10.9. The van der Waals surface area contributed by atoms with Crippen LogP contribution in [0.5, 0.6) is 0 Å². The number of hydrogen-bond donors (Lipinski definition) is 3. The summed E-state index contributed by atoms with van der Waals surface area (Å²) in [6.07, 6.45) is 12.8. The van der Waals surface area contributed by atoms with Gasteiger partial charge in [0.2, 0.25) is 5.91 Å². The van der Waals surface area contributed by atoms with Crippen LogP contribution in [0.15, 0.2) is 91.3 Å². The van der Waals surface area contributed by atoms with Gasteiger partial charge in [0.25, 0.3) is 0 Å². The topological polar surface area (TPSA) is 122 Å². The van der Waals surface area contributed by atoms with E-state index in [1.54, 1.807) is 4.68 Å². The Morgan fingerprint density at radius 2 is 1.62 bits per heavy atom. The van der Waals surface area contributed by atoms with E-state index in [0.29, 0.717) is 42.3 Å². The minimum absolute atomic E-state index is 0.136. The van der Waals surface area contributed by atoms with Crippen LogP contribution in [0.1, 0.15) is 80.3 Å². The summed E-state index contributed by atoms with van der Waals surface area (Å²) in [5, 5.41) is 27.2. The van der Waals surface area contributed by atoms with Crippen LogP contribution in [0.2, 0.25) is 0 Å². The van der Waals surface area contributed by atoms with Crippen LogP contribution < -0.4 is 25.7 Å². The van der Waals surface area contributed by atoms with Gasteiger partial charge in [-0.05, 0) is 136 Å². The van der Waals surface area contributed by atoms with E-state index in [4.69, 9.17) is 4.98 Å². The molecular formula is C57H70F2N11OP. The maximum absolute atomic E-state index is 15.3. The van der Waals surface area contributed by atoms with Crippen LogP contribution in [0.3, 0.4) is 0 Å². The van der Waals surface area contributed by atoms with Crippen molar-refractivity contribution >= 4 is 74.9 Å². The standard InChI is InChI=1S/C57H70F2N11OP/c1-9-39-35-52(69-26-23-42(24-27-69)68-30-28-67(29-31-68)25-22-38-32-45(58)54(46(59)33-38)44-18-16-37(4)61-57(44)71)40(10-2)34-51(39)66(5)36-53(70-50-15-13-12-14-48(50)64-65-70)56(60)63-49-21-20-47-43(55(49)72(6,7)8)19-17-41(11-3)62-47/h12-15,17,19-21,32-36,42,44H,4,6,9-11,16,18,22-31H2,1-3,5,7-8H3,(H2,60,63)(H,61,71)/b53-36+. The summed E-state index contributed by atoms with van der Waals surface area (Å²) >= 11 is 0. The molecule has 12 nitrogen and oxygen atoms in total. The van der Waals surface area contributed by atoms with Crippen LogP contribution in [-0.4, -0.2) is 120 Å². The molecule has 6 aromatic rings. The van der Waals surface area contributed by atoms with Crippen molar-refractivity contribution in [2.24, 2.45) is 0 Å². The van der Waals surface area contributed by atoms with Crippen molar-refractivity contribution in [2.45, 2.75) is 84.1 Å². The fraction of sp³-hybridized carbons (Fsp3) is 0.404. The first-order chi connectivity index (χ1) is 34.6. The number of benzene rings is 4. The molecule has 0 aliphatic carbocycles. The number of fused-ring (bicyclic) bond motifs is 2. The lowest BCUT2D eigenvalue weighted by molar-refractivity contribution is -0.123. The number of aromatic nitrogens is 4. The number of nitrogens with zero attached hydrogens (tertiary/aromatic N) is 8. The molecule has 0 saturated carbocycles. The highest BCUT2D eigenvalue weighted by atomic mass is 31.2. The van der Waals surface area contributed by atoms with Crippen molar-refractivity contribution in [3.8, 4) is 0 Å². The van der Waals surface area contributed by atoms with Gasteiger partial charge < -0.3 is 25.3 Å². The number of hydrogen-bond acceptors (Lipinski definition) is 9. The second kappa shape index (κ2) is 21.5. The Kier molecular flexibility index (Phi) is 15.1. The molecule has 15 heteroatoms. The lowest BCUT2D eigenvalue weighted by Crippen LogP contribution is -2.53. The van der Waals surface area contributed by atoms with Crippen molar-refractivity contribution < 1.29 is 13.6 Å². The number of anilines is 3. The van der Waals surface area contributed by atoms with Gasteiger partial charge in [-0.3, -0.25) is 20.1 Å². The van der Waals surface area contributed by atoms with Crippen molar-refractivity contribution in [3.63, 3.8) is 0 Å². The highest BCUT2D eigenvalue weighted by Crippen LogP contribution is 2.41. The molecule has 378 valence electrons. The number of carbonyl (C=O) groups is 1. The first kappa shape index (κ1) is 50.7. The summed E-state index contributed by atoms with van der Waals surface area (Å²) in [6, 6.07) is 24.2. The summed E-state index contributed by atoms with van der Waals surface area (Å²) in [5.74, 6) is -2.32. The van der Waals surface area contributed by atoms with E-state index in [2.05, 4.69) is 119 Å². The third kappa shape index (κ3) is 10.6. The van der Waals surface area contributed by atoms with Gasteiger partial charge in [-0.2, -0.15) is 0 Å². The molecule has 3 aliphatic rings. The number of amides is 1. The third-order valence-corrected chi connectivity index (χ3v) is 16.7. The minimum atomic E-state index is -1.86. The van der Waals surface area contributed by atoms with Crippen molar-refractivity contribution in [1.29, 1.82) is 5.41 Å². The van der Waals surface area contributed by atoms with Gasteiger partial charge >= 0.3 is 0 Å². The number of rotatable bonds is 15. The maximum Gasteiger partial charge on any atom is 0.231 e. The van der Waals surface area contributed by atoms with Gasteiger partial charge in [-0.1, -0.05) is 63.9 Å². The van der Waals surface area contributed by atoms with Crippen molar-refractivity contribution in [1.82, 2.24) is 35.1 Å². The quantitative estimate of drug-likeness (QED) is 0.0525. The molecule has 72 heavy (non-hydrogen) atoms. The number of amidine groups is 1. The number of para-hydroxylation sites is 1. The summed E-state index contributed by atoms with van der Waals surface area (Å²) in [6.45, 7) is 19.3. The van der Waals surface area contributed by atoms with E-state index in [9.17, 15) is 10.2 Å². The fourth-order valence-electron chi connectivity index (χ4n) is 11.0. The molecule has 0 bridgehead atoms. The van der Waals surface area contributed by atoms with E-state index in [1.165, 1.54) is 28.9 Å². The Balaban J connectivity index is 0.875. The van der Waals surface area contributed by atoms with E-state index in [0.717, 1.165) is 122 Å². The minimum Gasteiger partial charge on any atom is -0.371 e. The average molecular weight is 994 g/mol. The normalized spacial score (nSPS) is 17.8. The predicted molar refractivity (Wildman–Crippen MR) is 296 cm³/mol. The van der Waals surface area contributed by atoms with Crippen molar-refractivity contribution in [3.05, 3.63) is 131 Å². The number of halogens is 2. The fourth-order valence-corrected chi connectivity index (χ4v) is 12.7.